The van der Waals surface area contributed by atoms with Gasteiger partial charge in [0, 0.05) is 31.2 Å². The molecule has 19 heavy (non-hydrogen) atoms. The lowest BCUT2D eigenvalue weighted by molar-refractivity contribution is 0.682. The summed E-state index contributed by atoms with van der Waals surface area (Å²) < 4.78 is 2.26. The number of anilines is 1. The van der Waals surface area contributed by atoms with E-state index in [0.717, 1.165) is 13.1 Å². The van der Waals surface area contributed by atoms with Crippen molar-refractivity contribution in [3.05, 3.63) is 53.3 Å². The maximum absolute atomic E-state index is 3.53. The van der Waals surface area contributed by atoms with Gasteiger partial charge < -0.3 is 9.88 Å². The molecule has 2 aromatic rings. The first kappa shape index (κ1) is 12.3. The monoisotopic (exact) mass is 254 g/mol. The van der Waals surface area contributed by atoms with Gasteiger partial charge in [0.15, 0.2) is 0 Å². The number of hydrogen-bond donors (Lipinski definition) is 1. The van der Waals surface area contributed by atoms with Gasteiger partial charge in [-0.2, -0.15) is 0 Å². The maximum atomic E-state index is 3.53. The van der Waals surface area contributed by atoms with Gasteiger partial charge in [0.05, 0.1) is 0 Å². The molecular formula is C17H22N2. The Morgan fingerprint density at radius 3 is 2.95 bits per heavy atom. The van der Waals surface area contributed by atoms with Crippen molar-refractivity contribution in [2.24, 2.45) is 0 Å². The summed E-state index contributed by atoms with van der Waals surface area (Å²) in [5.74, 6) is 0. The highest BCUT2D eigenvalue weighted by Crippen LogP contribution is 2.25. The number of nitrogens with zero attached hydrogens (tertiary/aromatic N) is 1. The first-order valence-corrected chi connectivity index (χ1v) is 7.35. The summed E-state index contributed by atoms with van der Waals surface area (Å²) in [7, 11) is 0. The Hall–Kier alpha value is -1.70. The standard InChI is InChI=1S/C17H22N2/c1-2-9-19-10-8-14(13-19)12-18-17-7-6-15-4-3-5-16(15)11-17/h6-8,10-11,13,18H,2-5,9,12H2,1H3. The number of aromatic nitrogens is 1. The van der Waals surface area contributed by atoms with Crippen molar-refractivity contribution in [3.63, 3.8) is 0 Å². The highest BCUT2D eigenvalue weighted by Gasteiger charge is 2.10. The molecule has 0 unspecified atom stereocenters. The van der Waals surface area contributed by atoms with Crippen LogP contribution in [0.15, 0.2) is 36.7 Å². The zero-order valence-electron chi connectivity index (χ0n) is 11.7. The molecular weight excluding hydrogens is 232 g/mol. The summed E-state index contributed by atoms with van der Waals surface area (Å²) in [5, 5.41) is 3.53. The highest BCUT2D eigenvalue weighted by atomic mass is 14.9. The average molecular weight is 254 g/mol. The molecule has 2 nitrogen and oxygen atoms in total. The third kappa shape index (κ3) is 2.83. The molecule has 3 rings (SSSR count). The predicted octanol–water partition coefficient (Wildman–Crippen LogP) is 4.00. The highest BCUT2D eigenvalue weighted by molar-refractivity contribution is 5.50. The Balaban J connectivity index is 1.62. The molecule has 1 N–H and O–H groups in total. The molecule has 0 amide bonds. The third-order valence-corrected chi connectivity index (χ3v) is 3.89. The van der Waals surface area contributed by atoms with Gasteiger partial charge in [-0.3, -0.25) is 0 Å². The SMILES string of the molecule is CCCn1ccc(CNc2ccc3c(c2)CCC3)c1. The molecule has 0 bridgehead atoms. The number of hydrogen-bond acceptors (Lipinski definition) is 1. The Labute approximate surface area is 115 Å². The lowest BCUT2D eigenvalue weighted by Crippen LogP contribution is -1.99. The van der Waals surface area contributed by atoms with Crippen molar-refractivity contribution >= 4 is 5.69 Å². The van der Waals surface area contributed by atoms with Gasteiger partial charge in [-0.25, -0.2) is 0 Å². The molecule has 1 aliphatic carbocycles. The van der Waals surface area contributed by atoms with Crippen LogP contribution in [0.5, 0.6) is 0 Å². The minimum Gasteiger partial charge on any atom is -0.381 e. The van der Waals surface area contributed by atoms with Gasteiger partial charge in [-0.05, 0) is 60.6 Å². The topological polar surface area (TPSA) is 17.0 Å². The molecule has 2 heteroatoms. The van der Waals surface area contributed by atoms with E-state index in [9.17, 15) is 0 Å². The quantitative estimate of drug-likeness (QED) is 0.853. The summed E-state index contributed by atoms with van der Waals surface area (Å²) in [5.41, 5.74) is 5.69. The number of benzene rings is 1. The molecule has 1 heterocycles. The molecule has 0 aliphatic heterocycles. The van der Waals surface area contributed by atoms with Crippen LogP contribution in [0.2, 0.25) is 0 Å². The normalized spacial score (nSPS) is 13.5. The van der Waals surface area contributed by atoms with Crippen LogP contribution in [-0.4, -0.2) is 4.57 Å². The van der Waals surface area contributed by atoms with Crippen molar-refractivity contribution in [1.82, 2.24) is 4.57 Å². The van der Waals surface area contributed by atoms with Crippen LogP contribution in [0.3, 0.4) is 0 Å². The van der Waals surface area contributed by atoms with Gasteiger partial charge in [-0.1, -0.05) is 13.0 Å². The smallest absolute Gasteiger partial charge is 0.0415 e. The van der Waals surface area contributed by atoms with Crippen LogP contribution in [0.4, 0.5) is 5.69 Å². The van der Waals surface area contributed by atoms with E-state index in [0.29, 0.717) is 0 Å². The van der Waals surface area contributed by atoms with Crippen LogP contribution < -0.4 is 5.32 Å². The molecule has 0 radical (unpaired) electrons. The lowest BCUT2D eigenvalue weighted by atomic mass is 10.1. The van der Waals surface area contributed by atoms with Crippen molar-refractivity contribution in [2.75, 3.05) is 5.32 Å². The Bertz CT molecular complexity index is 554. The molecule has 1 aromatic carbocycles. The molecule has 0 atom stereocenters. The van der Waals surface area contributed by atoms with E-state index in [4.69, 9.17) is 0 Å². The van der Waals surface area contributed by atoms with Crippen LogP contribution >= 0.6 is 0 Å². The molecule has 100 valence electrons. The van der Waals surface area contributed by atoms with Gasteiger partial charge >= 0.3 is 0 Å². The van der Waals surface area contributed by atoms with Crippen LogP contribution in [0.25, 0.3) is 0 Å². The molecule has 0 spiro atoms. The minimum atomic E-state index is 0.912. The zero-order chi connectivity index (χ0) is 13.1. The maximum Gasteiger partial charge on any atom is 0.0415 e. The van der Waals surface area contributed by atoms with E-state index in [2.05, 4.69) is 53.5 Å². The van der Waals surface area contributed by atoms with E-state index in [1.165, 1.54) is 42.5 Å². The van der Waals surface area contributed by atoms with E-state index in [1.54, 1.807) is 5.56 Å². The Kier molecular flexibility index (Phi) is 3.58. The summed E-state index contributed by atoms with van der Waals surface area (Å²) >= 11 is 0. The van der Waals surface area contributed by atoms with Crippen LogP contribution in [0.1, 0.15) is 36.5 Å². The van der Waals surface area contributed by atoms with Crippen LogP contribution in [0, 0.1) is 0 Å². The fraction of sp³-hybridized carbons (Fsp3) is 0.412. The molecule has 1 aliphatic rings. The van der Waals surface area contributed by atoms with E-state index in [1.807, 2.05) is 0 Å². The predicted molar refractivity (Wildman–Crippen MR) is 80.5 cm³/mol. The van der Waals surface area contributed by atoms with E-state index < -0.39 is 0 Å². The third-order valence-electron chi connectivity index (χ3n) is 3.89. The first-order chi connectivity index (χ1) is 9.35. The summed E-state index contributed by atoms with van der Waals surface area (Å²) in [6.45, 7) is 4.23. The summed E-state index contributed by atoms with van der Waals surface area (Å²) in [4.78, 5) is 0. The summed E-state index contributed by atoms with van der Waals surface area (Å²) in [6.07, 6.45) is 9.42. The van der Waals surface area contributed by atoms with Crippen molar-refractivity contribution < 1.29 is 0 Å². The molecule has 0 saturated carbocycles. The fourth-order valence-corrected chi connectivity index (χ4v) is 2.88. The van der Waals surface area contributed by atoms with Gasteiger partial charge in [0.1, 0.15) is 0 Å². The van der Waals surface area contributed by atoms with Gasteiger partial charge in [-0.15, -0.1) is 0 Å². The fourth-order valence-electron chi connectivity index (χ4n) is 2.88. The van der Waals surface area contributed by atoms with Gasteiger partial charge in [0.2, 0.25) is 0 Å². The van der Waals surface area contributed by atoms with E-state index >= 15 is 0 Å². The van der Waals surface area contributed by atoms with Crippen molar-refractivity contribution in [1.29, 1.82) is 0 Å². The Morgan fingerprint density at radius 1 is 1.16 bits per heavy atom. The van der Waals surface area contributed by atoms with Crippen LogP contribution in [-0.2, 0) is 25.9 Å². The second-order valence-electron chi connectivity index (χ2n) is 5.45. The lowest BCUT2D eigenvalue weighted by Gasteiger charge is -2.07. The number of rotatable bonds is 5. The molecule has 0 fully saturated rings. The second-order valence-corrected chi connectivity index (χ2v) is 5.45. The van der Waals surface area contributed by atoms with Gasteiger partial charge in [0.25, 0.3) is 0 Å². The minimum absolute atomic E-state index is 0.912. The zero-order valence-corrected chi connectivity index (χ0v) is 11.7. The average Bonchev–Trinajstić information content (AvgIpc) is 3.04. The Morgan fingerprint density at radius 2 is 2.05 bits per heavy atom. The summed E-state index contributed by atoms with van der Waals surface area (Å²) in [6, 6.07) is 9.03. The van der Waals surface area contributed by atoms with Crippen molar-refractivity contribution in [2.45, 2.75) is 45.7 Å². The molecule has 1 aromatic heterocycles. The second kappa shape index (κ2) is 5.52. The number of fused-ring (bicyclic) bond motifs is 1. The van der Waals surface area contributed by atoms with E-state index in [-0.39, 0.29) is 0 Å². The first-order valence-electron chi connectivity index (χ1n) is 7.35. The largest absolute Gasteiger partial charge is 0.381 e. The number of aryl methyl sites for hydroxylation is 3. The number of nitrogens with one attached hydrogen (secondary N) is 1. The van der Waals surface area contributed by atoms with Crippen molar-refractivity contribution in [3.8, 4) is 0 Å². The molecule has 0 saturated heterocycles.